The Balaban J connectivity index is 2.15. The highest BCUT2D eigenvalue weighted by Crippen LogP contribution is 2.33. The highest BCUT2D eigenvalue weighted by Gasteiger charge is 2.18. The quantitative estimate of drug-likeness (QED) is 0.677. The van der Waals surface area contributed by atoms with Crippen molar-refractivity contribution in [2.75, 3.05) is 14.2 Å². The molecule has 0 saturated heterocycles. The Morgan fingerprint density at radius 2 is 1.62 bits per heavy atom. The van der Waals surface area contributed by atoms with Gasteiger partial charge < -0.3 is 14.2 Å². The molecule has 0 bridgehead atoms. The molecule has 0 amide bonds. The van der Waals surface area contributed by atoms with E-state index in [1.807, 2.05) is 31.2 Å². The zero-order chi connectivity index (χ0) is 17.5. The van der Waals surface area contributed by atoms with Crippen LogP contribution in [0.1, 0.15) is 30.6 Å². The van der Waals surface area contributed by atoms with E-state index in [4.69, 9.17) is 14.2 Å². The van der Waals surface area contributed by atoms with Crippen LogP contribution in [-0.2, 0) is 0 Å². The van der Waals surface area contributed by atoms with E-state index >= 15 is 0 Å². The van der Waals surface area contributed by atoms with Crippen molar-refractivity contribution in [3.8, 4) is 17.2 Å². The molecule has 2 rings (SSSR count). The lowest BCUT2D eigenvalue weighted by Crippen LogP contribution is -2.10. The van der Waals surface area contributed by atoms with Gasteiger partial charge >= 0.3 is 0 Å². The molecule has 0 fully saturated rings. The van der Waals surface area contributed by atoms with E-state index in [1.54, 1.807) is 32.4 Å². The molecule has 4 nitrogen and oxygen atoms in total. The minimum Gasteiger partial charge on any atom is -0.496 e. The molecule has 2 atom stereocenters. The van der Waals surface area contributed by atoms with Crippen molar-refractivity contribution < 1.29 is 19.0 Å². The first-order valence-electron chi connectivity index (χ1n) is 7.88. The lowest BCUT2D eigenvalue weighted by atomic mass is 10.2. The van der Waals surface area contributed by atoms with Crippen molar-refractivity contribution in [3.05, 3.63) is 48.0 Å². The molecule has 0 aromatic heterocycles. The average molecular weight is 346 g/mol. The molecule has 0 heterocycles. The van der Waals surface area contributed by atoms with Crippen LogP contribution in [0.25, 0.3) is 0 Å². The van der Waals surface area contributed by atoms with Gasteiger partial charge in [-0.05, 0) is 51.5 Å². The Labute approximate surface area is 144 Å². The van der Waals surface area contributed by atoms with Crippen LogP contribution < -0.4 is 19.5 Å². The number of benzene rings is 2. The number of rotatable bonds is 8. The van der Waals surface area contributed by atoms with Crippen LogP contribution in [0.15, 0.2) is 42.5 Å². The summed E-state index contributed by atoms with van der Waals surface area (Å²) in [5.41, 5.74) is 0.473. The fourth-order valence-corrected chi connectivity index (χ4v) is 3.17. The van der Waals surface area contributed by atoms with Gasteiger partial charge in [-0.25, -0.2) is 0 Å². The zero-order valence-electron chi connectivity index (χ0n) is 14.5. The molecule has 0 saturated carbocycles. The molecule has 0 spiro atoms. The maximum atomic E-state index is 12.7. The smallest absolute Gasteiger partial charge is 0.193 e. The third kappa shape index (κ3) is 4.48. The Hall–Kier alpha value is -2.06. The summed E-state index contributed by atoms with van der Waals surface area (Å²) in [5, 5.41) is 0.949. The van der Waals surface area contributed by atoms with Crippen LogP contribution in [0.3, 0.4) is 0 Å². The predicted molar refractivity (Wildman–Crippen MR) is 98.6 cm³/mol. The number of methoxy groups -OCH3 is 2. The fourth-order valence-electron chi connectivity index (χ4n) is 2.20. The maximum absolute atomic E-state index is 12.7. The fraction of sp³-hybridized carbons (Fsp3) is 0.316. The monoisotopic (exact) mass is 346 g/mol. The van der Waals surface area contributed by atoms with Gasteiger partial charge in [-0.15, -0.1) is 0 Å². The molecule has 0 radical (unpaired) electrons. The highest BCUT2D eigenvalue weighted by molar-refractivity contribution is 7.66. The maximum Gasteiger partial charge on any atom is 0.193 e. The molecule has 2 aromatic carbocycles. The average Bonchev–Trinajstić information content (AvgIpc) is 2.62. The van der Waals surface area contributed by atoms with Gasteiger partial charge in [0, 0.05) is 0 Å². The number of hydrogen-bond donors (Lipinski definition) is 0. The van der Waals surface area contributed by atoms with Crippen LogP contribution >= 0.6 is 8.58 Å². The Morgan fingerprint density at radius 1 is 1.04 bits per heavy atom. The lowest BCUT2D eigenvalue weighted by Gasteiger charge is -2.13. The van der Waals surface area contributed by atoms with E-state index in [-0.39, 0.29) is 20.2 Å². The largest absolute Gasteiger partial charge is 0.496 e. The van der Waals surface area contributed by atoms with Crippen LogP contribution in [-0.4, -0.2) is 25.8 Å². The molecule has 5 heteroatoms. The van der Waals surface area contributed by atoms with Gasteiger partial charge in [-0.1, -0.05) is 25.1 Å². The van der Waals surface area contributed by atoms with Gasteiger partial charge in [-0.2, -0.15) is 0 Å². The first-order chi connectivity index (χ1) is 11.6. The number of hydrogen-bond acceptors (Lipinski definition) is 4. The number of carbonyl (C=O) groups is 1. The van der Waals surface area contributed by atoms with Crippen LogP contribution in [0.2, 0.25) is 0 Å². The van der Waals surface area contributed by atoms with Crippen molar-refractivity contribution >= 4 is 19.4 Å². The van der Waals surface area contributed by atoms with Crippen LogP contribution in [0.5, 0.6) is 17.2 Å². The molecule has 2 unspecified atom stereocenters. The Bertz CT molecular complexity index is 660. The van der Waals surface area contributed by atoms with Crippen molar-refractivity contribution in [1.82, 2.24) is 0 Å². The Kier molecular flexibility index (Phi) is 6.62. The van der Waals surface area contributed by atoms with Gasteiger partial charge in [0.2, 0.25) is 0 Å². The number of ether oxygens (including phenoxy) is 3. The summed E-state index contributed by atoms with van der Waals surface area (Å²) in [6, 6.07) is 13.0. The van der Waals surface area contributed by atoms with E-state index in [2.05, 4.69) is 6.92 Å². The third-order valence-corrected chi connectivity index (χ3v) is 4.78. The van der Waals surface area contributed by atoms with Crippen molar-refractivity contribution in [2.45, 2.75) is 26.4 Å². The summed E-state index contributed by atoms with van der Waals surface area (Å²) in [4.78, 5) is 12.7. The second-order valence-corrected chi connectivity index (χ2v) is 6.63. The minimum absolute atomic E-state index is 0.00739. The van der Waals surface area contributed by atoms with Gasteiger partial charge in [0.25, 0.3) is 0 Å². The molecule has 128 valence electrons. The molecule has 0 aliphatic rings. The molecule has 0 aliphatic carbocycles. The topological polar surface area (TPSA) is 44.8 Å². The Morgan fingerprint density at radius 3 is 2.12 bits per heavy atom. The van der Waals surface area contributed by atoms with Gasteiger partial charge in [0.15, 0.2) is 5.52 Å². The molecule has 0 aliphatic heterocycles. The zero-order valence-corrected chi connectivity index (χ0v) is 15.5. The molecular weight excluding hydrogens is 323 g/mol. The van der Waals surface area contributed by atoms with Crippen molar-refractivity contribution in [2.24, 2.45) is 0 Å². The molecule has 2 aromatic rings. The predicted octanol–water partition coefficient (Wildman–Crippen LogP) is 4.03. The summed E-state index contributed by atoms with van der Waals surface area (Å²) >= 11 is 0. The SMILES string of the molecule is CCC(C)Oc1ccc(PC(=O)c2c(OC)cccc2OC)cc1. The normalized spacial score (nSPS) is 12.2. The second kappa shape index (κ2) is 8.70. The first kappa shape index (κ1) is 18.3. The van der Waals surface area contributed by atoms with Crippen LogP contribution in [0, 0.1) is 0 Å². The van der Waals surface area contributed by atoms with E-state index in [0.717, 1.165) is 17.5 Å². The standard InChI is InChI=1S/C19H23O4P/c1-5-13(2)23-14-9-11-15(12-10-14)24-19(20)18-16(21-3)7-6-8-17(18)22-4/h6-13,24H,5H2,1-4H3. The summed E-state index contributed by atoms with van der Waals surface area (Å²) in [6.07, 6.45) is 1.13. The second-order valence-electron chi connectivity index (χ2n) is 5.35. The summed E-state index contributed by atoms with van der Waals surface area (Å²) in [7, 11) is 3.10. The number of carbonyl (C=O) groups excluding carboxylic acids is 1. The van der Waals surface area contributed by atoms with E-state index in [9.17, 15) is 4.79 Å². The molecular formula is C19H23O4P. The first-order valence-corrected chi connectivity index (χ1v) is 8.88. The molecule has 0 N–H and O–H groups in total. The lowest BCUT2D eigenvalue weighted by molar-refractivity contribution is 0.108. The van der Waals surface area contributed by atoms with Crippen molar-refractivity contribution in [1.29, 1.82) is 0 Å². The molecule has 24 heavy (non-hydrogen) atoms. The highest BCUT2D eigenvalue weighted by atomic mass is 31.1. The summed E-state index contributed by atoms with van der Waals surface area (Å²) in [5.74, 6) is 1.88. The van der Waals surface area contributed by atoms with E-state index in [1.165, 1.54) is 0 Å². The van der Waals surface area contributed by atoms with Crippen LogP contribution in [0.4, 0.5) is 0 Å². The van der Waals surface area contributed by atoms with Crippen molar-refractivity contribution in [3.63, 3.8) is 0 Å². The van der Waals surface area contributed by atoms with E-state index < -0.39 is 0 Å². The minimum atomic E-state index is -0.0140. The van der Waals surface area contributed by atoms with E-state index in [0.29, 0.717) is 17.1 Å². The summed E-state index contributed by atoms with van der Waals surface area (Å²) < 4.78 is 16.4. The summed E-state index contributed by atoms with van der Waals surface area (Å²) in [6.45, 7) is 4.12. The van der Waals surface area contributed by atoms with Gasteiger partial charge in [-0.3, -0.25) is 4.79 Å². The van der Waals surface area contributed by atoms with Gasteiger partial charge in [0.05, 0.1) is 20.3 Å². The van der Waals surface area contributed by atoms with Gasteiger partial charge in [0.1, 0.15) is 22.8 Å². The third-order valence-electron chi connectivity index (χ3n) is 3.68.